The second-order valence-electron chi connectivity index (χ2n) is 14.0. The number of phosphoric ester groups is 1. The van der Waals surface area contributed by atoms with E-state index in [2.05, 4.69) is 13.8 Å². The molecular weight excluding hydrogens is 643 g/mol. The number of aliphatic hydroxyl groups excluding tert-OH is 2. The minimum Gasteiger partial charge on any atom is -0.457 e. The van der Waals surface area contributed by atoms with Crippen molar-refractivity contribution in [3.63, 3.8) is 0 Å². The zero-order valence-corrected chi connectivity index (χ0v) is 32.8. The molecule has 0 aliphatic rings. The predicted molar refractivity (Wildman–Crippen MR) is 201 cm³/mol. The number of esters is 1. The molecule has 3 atom stereocenters. The van der Waals surface area contributed by atoms with Crippen LogP contribution in [0.5, 0.6) is 0 Å². The Kier molecular flexibility index (Phi) is 36.8. The van der Waals surface area contributed by atoms with Crippen LogP contribution >= 0.6 is 7.82 Å². The van der Waals surface area contributed by atoms with Gasteiger partial charge in [0.2, 0.25) is 0 Å². The van der Waals surface area contributed by atoms with Gasteiger partial charge in [-0.15, -0.1) is 0 Å². The van der Waals surface area contributed by atoms with Crippen LogP contribution < -0.4 is 0 Å². The second-order valence-corrected chi connectivity index (χ2v) is 15.5. The van der Waals surface area contributed by atoms with Gasteiger partial charge in [-0.1, -0.05) is 181 Å². The lowest BCUT2D eigenvalue weighted by Crippen LogP contribution is -2.29. The first kappa shape index (κ1) is 48.5. The van der Waals surface area contributed by atoms with E-state index in [4.69, 9.17) is 23.6 Å². The van der Waals surface area contributed by atoms with E-state index in [1.807, 2.05) is 0 Å². The summed E-state index contributed by atoms with van der Waals surface area (Å²) in [5.41, 5.74) is 0. The minimum absolute atomic E-state index is 0.0578. The predicted octanol–water partition coefficient (Wildman–Crippen LogP) is 10.8. The van der Waals surface area contributed by atoms with Crippen molar-refractivity contribution in [3.05, 3.63) is 0 Å². The Balaban J connectivity index is 4.15. The van der Waals surface area contributed by atoms with Gasteiger partial charge in [0.25, 0.3) is 0 Å². The zero-order valence-electron chi connectivity index (χ0n) is 31.9. The van der Waals surface area contributed by atoms with E-state index in [1.54, 1.807) is 0 Å². The maximum absolute atomic E-state index is 12.6. The van der Waals surface area contributed by atoms with Crippen LogP contribution in [0.4, 0.5) is 0 Å². The van der Waals surface area contributed by atoms with Crippen LogP contribution in [-0.2, 0) is 27.9 Å². The normalized spacial score (nSPS) is 14.1. The molecule has 9 nitrogen and oxygen atoms in total. The highest BCUT2D eigenvalue weighted by Crippen LogP contribution is 2.43. The standard InChI is InChI=1S/C39H79O9P/c1-3-5-7-9-11-13-15-17-18-20-22-24-26-28-30-32-45-35-38(36-47-49(43,44)46-34-37(41)33-40)48-39(42)31-29-27-25-23-21-19-16-14-12-10-8-6-4-2/h37-38,40-41H,3-36H2,1-2H3,(H,43,44). The van der Waals surface area contributed by atoms with E-state index < -0.39 is 33.2 Å². The molecule has 49 heavy (non-hydrogen) atoms. The maximum Gasteiger partial charge on any atom is 0.472 e. The van der Waals surface area contributed by atoms with E-state index >= 15 is 0 Å². The van der Waals surface area contributed by atoms with Gasteiger partial charge in [-0.3, -0.25) is 13.8 Å². The lowest BCUT2D eigenvalue weighted by atomic mass is 10.0. The van der Waals surface area contributed by atoms with Gasteiger partial charge in [0.1, 0.15) is 12.2 Å². The van der Waals surface area contributed by atoms with E-state index in [0.717, 1.165) is 32.1 Å². The van der Waals surface area contributed by atoms with E-state index in [9.17, 15) is 19.4 Å². The molecule has 0 heterocycles. The lowest BCUT2D eigenvalue weighted by molar-refractivity contribution is -0.154. The van der Waals surface area contributed by atoms with Gasteiger partial charge in [-0.2, -0.15) is 0 Å². The number of ether oxygens (including phenoxy) is 2. The summed E-state index contributed by atoms with van der Waals surface area (Å²) in [5.74, 6) is -0.378. The molecule has 0 fully saturated rings. The fourth-order valence-electron chi connectivity index (χ4n) is 5.89. The third-order valence-electron chi connectivity index (χ3n) is 9.04. The first-order chi connectivity index (χ1) is 23.8. The van der Waals surface area contributed by atoms with Gasteiger partial charge in [0.15, 0.2) is 0 Å². The smallest absolute Gasteiger partial charge is 0.457 e. The summed E-state index contributed by atoms with van der Waals surface area (Å²) < 4.78 is 33.3. The summed E-state index contributed by atoms with van der Waals surface area (Å²) in [7, 11) is -4.50. The van der Waals surface area contributed by atoms with Crippen LogP contribution in [0.2, 0.25) is 0 Å². The number of unbranched alkanes of at least 4 members (excludes halogenated alkanes) is 26. The molecular formula is C39H79O9P. The van der Waals surface area contributed by atoms with E-state index in [0.29, 0.717) is 6.61 Å². The van der Waals surface area contributed by atoms with E-state index in [1.165, 1.54) is 148 Å². The molecule has 0 saturated heterocycles. The molecule has 0 aromatic carbocycles. The Hall–Kier alpha value is -0.540. The Bertz CT molecular complexity index is 739. The van der Waals surface area contributed by atoms with Crippen molar-refractivity contribution in [3.8, 4) is 0 Å². The monoisotopic (exact) mass is 723 g/mol. The summed E-state index contributed by atoms with van der Waals surface area (Å²) in [6.45, 7) is 3.56. The van der Waals surface area contributed by atoms with Gasteiger partial charge in [-0.05, 0) is 12.8 Å². The molecule has 0 aliphatic heterocycles. The highest BCUT2D eigenvalue weighted by atomic mass is 31.2. The Labute approximate surface area is 301 Å². The van der Waals surface area contributed by atoms with Crippen molar-refractivity contribution in [2.24, 2.45) is 0 Å². The van der Waals surface area contributed by atoms with Crippen molar-refractivity contribution in [2.45, 2.75) is 212 Å². The third kappa shape index (κ3) is 37.0. The molecule has 294 valence electrons. The lowest BCUT2D eigenvalue weighted by Gasteiger charge is -2.20. The molecule has 0 saturated carbocycles. The molecule has 0 bridgehead atoms. The topological polar surface area (TPSA) is 132 Å². The Morgan fingerprint density at radius 1 is 0.551 bits per heavy atom. The number of rotatable bonds is 40. The maximum atomic E-state index is 12.6. The highest BCUT2D eigenvalue weighted by Gasteiger charge is 2.26. The number of hydrogen-bond acceptors (Lipinski definition) is 8. The summed E-state index contributed by atoms with van der Waals surface area (Å²) >= 11 is 0. The van der Waals surface area contributed by atoms with Gasteiger partial charge >= 0.3 is 13.8 Å². The first-order valence-corrected chi connectivity index (χ1v) is 22.0. The van der Waals surface area contributed by atoms with Crippen LogP contribution in [0.3, 0.4) is 0 Å². The quantitative estimate of drug-likeness (QED) is 0.0321. The van der Waals surface area contributed by atoms with Crippen LogP contribution in [-0.4, -0.2) is 66.3 Å². The molecule has 10 heteroatoms. The summed E-state index contributed by atoms with van der Waals surface area (Å²) in [6, 6.07) is 0. The molecule has 0 aliphatic carbocycles. The fraction of sp³-hybridized carbons (Fsp3) is 0.974. The highest BCUT2D eigenvalue weighted by molar-refractivity contribution is 7.47. The van der Waals surface area contributed by atoms with Gasteiger partial charge in [0.05, 0.1) is 26.4 Å². The molecule has 0 radical (unpaired) electrons. The van der Waals surface area contributed by atoms with Crippen molar-refractivity contribution >= 4 is 13.8 Å². The van der Waals surface area contributed by atoms with Crippen molar-refractivity contribution < 1.29 is 43.0 Å². The molecule has 3 N–H and O–H groups in total. The van der Waals surface area contributed by atoms with Gasteiger partial charge in [0, 0.05) is 13.0 Å². The van der Waals surface area contributed by atoms with Crippen LogP contribution in [0.1, 0.15) is 200 Å². The van der Waals surface area contributed by atoms with Crippen molar-refractivity contribution in [2.75, 3.05) is 33.0 Å². The van der Waals surface area contributed by atoms with Crippen molar-refractivity contribution in [1.82, 2.24) is 0 Å². The largest absolute Gasteiger partial charge is 0.472 e. The summed E-state index contributed by atoms with van der Waals surface area (Å²) in [6.07, 6.45) is 33.4. The molecule has 3 unspecified atom stereocenters. The summed E-state index contributed by atoms with van der Waals surface area (Å²) in [4.78, 5) is 22.5. The molecule has 0 amide bonds. The number of carbonyl (C=O) groups is 1. The average Bonchev–Trinajstić information content (AvgIpc) is 3.09. The fourth-order valence-corrected chi connectivity index (χ4v) is 6.68. The van der Waals surface area contributed by atoms with Crippen LogP contribution in [0.15, 0.2) is 0 Å². The minimum atomic E-state index is -4.50. The summed E-state index contributed by atoms with van der Waals surface area (Å²) in [5, 5.41) is 18.3. The number of aliphatic hydroxyl groups is 2. The molecule has 0 aromatic heterocycles. The van der Waals surface area contributed by atoms with Gasteiger partial charge < -0.3 is 24.6 Å². The number of hydrogen-bond donors (Lipinski definition) is 3. The van der Waals surface area contributed by atoms with Gasteiger partial charge in [-0.25, -0.2) is 4.57 Å². The number of carbonyl (C=O) groups excluding carboxylic acids is 1. The number of phosphoric acid groups is 1. The zero-order chi connectivity index (χ0) is 36.1. The second kappa shape index (κ2) is 37.2. The molecule has 0 spiro atoms. The third-order valence-corrected chi connectivity index (χ3v) is 9.99. The average molecular weight is 723 g/mol. The molecule has 0 aromatic rings. The Morgan fingerprint density at radius 2 is 0.918 bits per heavy atom. The Morgan fingerprint density at radius 3 is 1.33 bits per heavy atom. The molecule has 0 rings (SSSR count). The first-order valence-electron chi connectivity index (χ1n) is 20.5. The SMILES string of the molecule is CCCCCCCCCCCCCCCCCOCC(COP(=O)(O)OCC(O)CO)OC(=O)CCCCCCCCCCCCCCC. The van der Waals surface area contributed by atoms with E-state index in [-0.39, 0.29) is 25.6 Å². The van der Waals surface area contributed by atoms with Crippen molar-refractivity contribution in [1.29, 1.82) is 0 Å². The van der Waals surface area contributed by atoms with Crippen LogP contribution in [0.25, 0.3) is 0 Å². The van der Waals surface area contributed by atoms with Crippen LogP contribution in [0, 0.1) is 0 Å².